The SMILES string of the molecule is O=c1[nH]c(-c2cccc(Cl)c2Cl)nc2c1COCC2. The van der Waals surface area contributed by atoms with Crippen molar-refractivity contribution in [2.75, 3.05) is 6.61 Å². The second kappa shape index (κ2) is 4.96. The molecule has 4 nitrogen and oxygen atoms in total. The van der Waals surface area contributed by atoms with Gasteiger partial charge >= 0.3 is 0 Å². The van der Waals surface area contributed by atoms with Crippen LogP contribution < -0.4 is 5.56 Å². The van der Waals surface area contributed by atoms with E-state index in [0.717, 1.165) is 5.69 Å². The Morgan fingerprint density at radius 1 is 1.32 bits per heavy atom. The normalized spacial score (nSPS) is 14.2. The standard InChI is InChI=1S/C13H10Cl2N2O2/c14-9-3-1-2-7(11(9)15)12-16-10-4-5-19-6-8(10)13(18)17-12/h1-3H,4-6H2,(H,16,17,18). The number of benzene rings is 1. The van der Waals surface area contributed by atoms with Gasteiger partial charge in [0.1, 0.15) is 5.82 Å². The molecular weight excluding hydrogens is 287 g/mol. The van der Waals surface area contributed by atoms with E-state index in [0.29, 0.717) is 46.6 Å². The van der Waals surface area contributed by atoms with Gasteiger partial charge in [0.05, 0.1) is 34.5 Å². The second-order valence-electron chi connectivity index (χ2n) is 4.24. The predicted octanol–water partition coefficient (Wildman–Crippen LogP) is 2.82. The fourth-order valence-electron chi connectivity index (χ4n) is 2.06. The summed E-state index contributed by atoms with van der Waals surface area (Å²) in [4.78, 5) is 19.2. The van der Waals surface area contributed by atoms with E-state index in [1.807, 2.05) is 0 Å². The molecule has 0 bridgehead atoms. The van der Waals surface area contributed by atoms with E-state index in [-0.39, 0.29) is 5.56 Å². The Hall–Kier alpha value is -1.36. The molecule has 1 aromatic heterocycles. The third-order valence-corrected chi connectivity index (χ3v) is 3.86. The summed E-state index contributed by atoms with van der Waals surface area (Å²) in [6, 6.07) is 5.24. The van der Waals surface area contributed by atoms with E-state index < -0.39 is 0 Å². The van der Waals surface area contributed by atoms with Crippen molar-refractivity contribution in [1.82, 2.24) is 9.97 Å². The number of hydrogen-bond donors (Lipinski definition) is 1. The van der Waals surface area contributed by atoms with Crippen molar-refractivity contribution in [3.05, 3.63) is 49.9 Å². The largest absolute Gasteiger partial charge is 0.376 e. The maximum absolute atomic E-state index is 12.0. The molecule has 0 atom stereocenters. The molecule has 2 heterocycles. The maximum Gasteiger partial charge on any atom is 0.256 e. The first kappa shape index (κ1) is 12.7. The van der Waals surface area contributed by atoms with E-state index in [9.17, 15) is 4.79 Å². The highest BCUT2D eigenvalue weighted by atomic mass is 35.5. The van der Waals surface area contributed by atoms with Gasteiger partial charge in [-0.15, -0.1) is 0 Å². The van der Waals surface area contributed by atoms with Crippen LogP contribution in [-0.2, 0) is 17.8 Å². The number of halogens is 2. The first-order valence-corrected chi connectivity index (χ1v) is 6.56. The Labute approximate surface area is 119 Å². The number of aromatic amines is 1. The van der Waals surface area contributed by atoms with Gasteiger partial charge < -0.3 is 9.72 Å². The molecule has 98 valence electrons. The van der Waals surface area contributed by atoms with E-state index >= 15 is 0 Å². The number of nitrogens with zero attached hydrogens (tertiary/aromatic N) is 1. The molecule has 6 heteroatoms. The Morgan fingerprint density at radius 2 is 2.16 bits per heavy atom. The monoisotopic (exact) mass is 296 g/mol. The quantitative estimate of drug-likeness (QED) is 0.880. The summed E-state index contributed by atoms with van der Waals surface area (Å²) in [5.41, 5.74) is 1.80. The Kier molecular flexibility index (Phi) is 3.31. The Balaban J connectivity index is 2.19. The van der Waals surface area contributed by atoms with Gasteiger partial charge in [-0.2, -0.15) is 0 Å². The van der Waals surface area contributed by atoms with Crippen molar-refractivity contribution in [3.63, 3.8) is 0 Å². The van der Waals surface area contributed by atoms with Gasteiger partial charge in [0, 0.05) is 12.0 Å². The van der Waals surface area contributed by atoms with Gasteiger partial charge in [0.15, 0.2) is 0 Å². The molecule has 0 saturated heterocycles. The van der Waals surface area contributed by atoms with E-state index in [1.54, 1.807) is 18.2 Å². The molecule has 1 N–H and O–H groups in total. The smallest absolute Gasteiger partial charge is 0.256 e. The van der Waals surface area contributed by atoms with Crippen LogP contribution in [0.2, 0.25) is 10.0 Å². The average molecular weight is 297 g/mol. The summed E-state index contributed by atoms with van der Waals surface area (Å²) < 4.78 is 5.26. The number of H-pyrrole nitrogens is 1. The Bertz CT molecular complexity index is 698. The van der Waals surface area contributed by atoms with Crippen LogP contribution in [-0.4, -0.2) is 16.6 Å². The highest BCUT2D eigenvalue weighted by Gasteiger charge is 2.18. The molecule has 0 amide bonds. The van der Waals surface area contributed by atoms with E-state index in [2.05, 4.69) is 9.97 Å². The number of fused-ring (bicyclic) bond motifs is 1. The molecule has 19 heavy (non-hydrogen) atoms. The molecule has 0 unspecified atom stereocenters. The van der Waals surface area contributed by atoms with Crippen LogP contribution in [0.1, 0.15) is 11.3 Å². The molecule has 1 aliphatic rings. The zero-order valence-corrected chi connectivity index (χ0v) is 11.4. The molecule has 0 radical (unpaired) electrons. The molecule has 0 aliphatic carbocycles. The van der Waals surface area contributed by atoms with Crippen molar-refractivity contribution in [3.8, 4) is 11.4 Å². The van der Waals surface area contributed by atoms with Crippen LogP contribution in [0.15, 0.2) is 23.0 Å². The fraction of sp³-hybridized carbons (Fsp3) is 0.231. The third kappa shape index (κ3) is 2.27. The zero-order chi connectivity index (χ0) is 13.4. The van der Waals surface area contributed by atoms with Crippen LogP contribution >= 0.6 is 23.2 Å². The zero-order valence-electron chi connectivity index (χ0n) is 9.87. The van der Waals surface area contributed by atoms with Crippen LogP contribution in [0.5, 0.6) is 0 Å². The molecule has 0 spiro atoms. The topological polar surface area (TPSA) is 55.0 Å². The summed E-state index contributed by atoms with van der Waals surface area (Å²) >= 11 is 12.1. The van der Waals surface area contributed by atoms with Crippen molar-refractivity contribution in [2.45, 2.75) is 13.0 Å². The number of hydrogen-bond acceptors (Lipinski definition) is 3. The molecular formula is C13H10Cl2N2O2. The van der Waals surface area contributed by atoms with Crippen molar-refractivity contribution >= 4 is 23.2 Å². The van der Waals surface area contributed by atoms with Gasteiger partial charge in [0.2, 0.25) is 0 Å². The molecule has 0 saturated carbocycles. The van der Waals surface area contributed by atoms with Gasteiger partial charge in [0.25, 0.3) is 5.56 Å². The van der Waals surface area contributed by atoms with Gasteiger partial charge in [-0.1, -0.05) is 29.3 Å². The van der Waals surface area contributed by atoms with E-state index in [4.69, 9.17) is 27.9 Å². The van der Waals surface area contributed by atoms with Crippen molar-refractivity contribution < 1.29 is 4.74 Å². The highest BCUT2D eigenvalue weighted by Crippen LogP contribution is 2.31. The molecule has 3 rings (SSSR count). The van der Waals surface area contributed by atoms with Crippen molar-refractivity contribution in [2.24, 2.45) is 0 Å². The molecule has 1 aromatic carbocycles. The average Bonchev–Trinajstić information content (AvgIpc) is 2.42. The van der Waals surface area contributed by atoms with Crippen LogP contribution in [0.25, 0.3) is 11.4 Å². The molecule has 0 fully saturated rings. The van der Waals surface area contributed by atoms with Crippen LogP contribution in [0, 0.1) is 0 Å². The van der Waals surface area contributed by atoms with Crippen LogP contribution in [0.3, 0.4) is 0 Å². The first-order valence-electron chi connectivity index (χ1n) is 5.81. The lowest BCUT2D eigenvalue weighted by Crippen LogP contribution is -2.24. The number of rotatable bonds is 1. The summed E-state index contributed by atoms with van der Waals surface area (Å²) in [6.07, 6.45) is 0.629. The van der Waals surface area contributed by atoms with E-state index in [1.165, 1.54) is 0 Å². The highest BCUT2D eigenvalue weighted by molar-refractivity contribution is 6.43. The predicted molar refractivity (Wildman–Crippen MR) is 73.7 cm³/mol. The number of aromatic nitrogens is 2. The summed E-state index contributed by atoms with van der Waals surface area (Å²) in [5.74, 6) is 0.443. The Morgan fingerprint density at radius 3 is 3.00 bits per heavy atom. The van der Waals surface area contributed by atoms with Gasteiger partial charge in [-0.25, -0.2) is 4.98 Å². The lowest BCUT2D eigenvalue weighted by atomic mass is 10.1. The number of ether oxygens (including phenoxy) is 1. The second-order valence-corrected chi connectivity index (χ2v) is 5.03. The summed E-state index contributed by atoms with van der Waals surface area (Å²) in [5, 5.41) is 0.821. The number of nitrogens with one attached hydrogen (secondary N) is 1. The van der Waals surface area contributed by atoms with Crippen LogP contribution in [0.4, 0.5) is 0 Å². The molecule has 2 aromatic rings. The first-order chi connectivity index (χ1) is 9.16. The minimum Gasteiger partial charge on any atom is -0.376 e. The van der Waals surface area contributed by atoms with Gasteiger partial charge in [-0.3, -0.25) is 4.79 Å². The lowest BCUT2D eigenvalue weighted by Gasteiger charge is -2.15. The third-order valence-electron chi connectivity index (χ3n) is 3.04. The van der Waals surface area contributed by atoms with Crippen molar-refractivity contribution in [1.29, 1.82) is 0 Å². The maximum atomic E-state index is 12.0. The van der Waals surface area contributed by atoms with Gasteiger partial charge in [-0.05, 0) is 12.1 Å². The fourth-order valence-corrected chi connectivity index (χ4v) is 2.45. The minimum absolute atomic E-state index is 0.184. The molecule has 1 aliphatic heterocycles. The minimum atomic E-state index is -0.184. The lowest BCUT2D eigenvalue weighted by molar-refractivity contribution is 0.108. The summed E-state index contributed by atoms with van der Waals surface area (Å²) in [7, 11) is 0. The summed E-state index contributed by atoms with van der Waals surface area (Å²) in [6.45, 7) is 0.882.